The summed E-state index contributed by atoms with van der Waals surface area (Å²) in [7, 11) is 1.30. The van der Waals surface area contributed by atoms with Crippen LogP contribution in [0.2, 0.25) is 0 Å². The monoisotopic (exact) mass is 285 g/mol. The lowest BCUT2D eigenvalue weighted by Gasteiger charge is -2.11. The van der Waals surface area contributed by atoms with Crippen molar-refractivity contribution in [2.45, 2.75) is 6.92 Å². The Labute approximate surface area is 122 Å². The minimum absolute atomic E-state index is 0.205. The van der Waals surface area contributed by atoms with Crippen LogP contribution in [-0.4, -0.2) is 23.9 Å². The molecule has 0 aliphatic heterocycles. The number of aryl methyl sites for hydroxylation is 1. The standard InChI is InChI=1S/C16H15NO4/c1-11-8-9-13(15(16(18)19)17-20-2)14(10-11)21-12-6-4-3-5-7-12/h3-10H,1-2H3,(H,18,19). The number of aliphatic carboxylic acids is 1. The molecule has 0 amide bonds. The second-order valence-electron chi connectivity index (χ2n) is 4.34. The van der Waals surface area contributed by atoms with E-state index in [2.05, 4.69) is 9.99 Å². The fourth-order valence-electron chi connectivity index (χ4n) is 1.82. The molecule has 0 aliphatic rings. The third-order valence-electron chi connectivity index (χ3n) is 2.75. The van der Waals surface area contributed by atoms with E-state index in [1.165, 1.54) is 7.11 Å². The third-order valence-corrected chi connectivity index (χ3v) is 2.75. The number of para-hydroxylation sites is 1. The Bertz CT molecular complexity index is 665. The maximum Gasteiger partial charge on any atom is 0.358 e. The number of hydrogen-bond donors (Lipinski definition) is 1. The molecule has 0 spiro atoms. The summed E-state index contributed by atoms with van der Waals surface area (Å²) in [5.74, 6) is -0.149. The van der Waals surface area contributed by atoms with Crippen LogP contribution in [0.15, 0.2) is 53.7 Å². The quantitative estimate of drug-likeness (QED) is 0.676. The summed E-state index contributed by atoms with van der Waals surface area (Å²) in [5.41, 5.74) is 1.11. The van der Waals surface area contributed by atoms with Crippen molar-refractivity contribution < 1.29 is 19.5 Å². The lowest BCUT2D eigenvalue weighted by Crippen LogP contribution is -2.16. The average Bonchev–Trinajstić information content (AvgIpc) is 2.46. The molecule has 0 bridgehead atoms. The number of carboxylic acid groups (broad SMARTS) is 1. The van der Waals surface area contributed by atoms with Crippen molar-refractivity contribution >= 4 is 11.7 Å². The summed E-state index contributed by atoms with van der Waals surface area (Å²) >= 11 is 0. The van der Waals surface area contributed by atoms with E-state index in [4.69, 9.17) is 4.74 Å². The van der Waals surface area contributed by atoms with Crippen LogP contribution in [-0.2, 0) is 9.63 Å². The lowest BCUT2D eigenvalue weighted by atomic mass is 10.1. The maximum atomic E-state index is 11.3. The van der Waals surface area contributed by atoms with Crippen LogP contribution in [0.5, 0.6) is 11.5 Å². The molecule has 5 heteroatoms. The van der Waals surface area contributed by atoms with Gasteiger partial charge in [-0.1, -0.05) is 29.4 Å². The highest BCUT2D eigenvalue weighted by Crippen LogP contribution is 2.27. The molecule has 0 aliphatic carbocycles. The number of oxime groups is 1. The molecule has 21 heavy (non-hydrogen) atoms. The molecule has 2 rings (SSSR count). The molecule has 5 nitrogen and oxygen atoms in total. The number of carbonyl (C=O) groups is 1. The largest absolute Gasteiger partial charge is 0.476 e. The Kier molecular flexibility index (Phi) is 4.56. The molecule has 0 aromatic heterocycles. The predicted octanol–water partition coefficient (Wildman–Crippen LogP) is 3.22. The third kappa shape index (κ3) is 3.60. The highest BCUT2D eigenvalue weighted by molar-refractivity contribution is 6.43. The molecule has 0 radical (unpaired) electrons. The van der Waals surface area contributed by atoms with Gasteiger partial charge in [0.1, 0.15) is 18.6 Å². The Morgan fingerprint density at radius 2 is 1.86 bits per heavy atom. The van der Waals surface area contributed by atoms with Crippen LogP contribution < -0.4 is 4.74 Å². The van der Waals surface area contributed by atoms with Crippen molar-refractivity contribution in [1.29, 1.82) is 0 Å². The maximum absolute atomic E-state index is 11.3. The molecule has 2 aromatic carbocycles. The first kappa shape index (κ1) is 14.6. The molecule has 108 valence electrons. The van der Waals surface area contributed by atoms with E-state index in [9.17, 15) is 9.90 Å². The normalized spacial score (nSPS) is 11.0. The van der Waals surface area contributed by atoms with E-state index in [0.717, 1.165) is 5.56 Å². The lowest BCUT2D eigenvalue weighted by molar-refractivity contribution is -0.129. The molecule has 0 saturated heterocycles. The number of hydrogen-bond acceptors (Lipinski definition) is 4. The summed E-state index contributed by atoms with van der Waals surface area (Å²) in [6, 6.07) is 14.3. The van der Waals surface area contributed by atoms with Gasteiger partial charge in [-0.2, -0.15) is 0 Å². The van der Waals surface area contributed by atoms with E-state index in [1.54, 1.807) is 30.3 Å². The van der Waals surface area contributed by atoms with Crippen molar-refractivity contribution in [3.8, 4) is 11.5 Å². The van der Waals surface area contributed by atoms with Gasteiger partial charge in [0, 0.05) is 0 Å². The zero-order chi connectivity index (χ0) is 15.2. The van der Waals surface area contributed by atoms with Gasteiger partial charge in [0.05, 0.1) is 5.56 Å². The number of rotatable bonds is 5. The van der Waals surface area contributed by atoms with Gasteiger partial charge in [-0.15, -0.1) is 0 Å². The molecule has 0 saturated carbocycles. The van der Waals surface area contributed by atoms with Crippen molar-refractivity contribution in [3.05, 3.63) is 59.7 Å². The van der Waals surface area contributed by atoms with E-state index in [-0.39, 0.29) is 5.71 Å². The van der Waals surface area contributed by atoms with Crippen molar-refractivity contribution in [3.63, 3.8) is 0 Å². The van der Waals surface area contributed by atoms with Gasteiger partial charge in [0.15, 0.2) is 5.71 Å². The Morgan fingerprint density at radius 1 is 1.14 bits per heavy atom. The second-order valence-corrected chi connectivity index (χ2v) is 4.34. The van der Waals surface area contributed by atoms with E-state index in [0.29, 0.717) is 17.1 Å². The van der Waals surface area contributed by atoms with Gasteiger partial charge in [0.2, 0.25) is 0 Å². The molecule has 0 fully saturated rings. The predicted molar refractivity (Wildman–Crippen MR) is 78.9 cm³/mol. The molecule has 2 aromatic rings. The molecular weight excluding hydrogens is 270 g/mol. The Morgan fingerprint density at radius 3 is 2.48 bits per heavy atom. The van der Waals surface area contributed by atoms with Crippen molar-refractivity contribution in [2.24, 2.45) is 5.16 Å². The minimum atomic E-state index is -1.18. The van der Waals surface area contributed by atoms with Crippen LogP contribution in [0.1, 0.15) is 11.1 Å². The van der Waals surface area contributed by atoms with Gasteiger partial charge in [-0.3, -0.25) is 0 Å². The summed E-state index contributed by atoms with van der Waals surface area (Å²) in [5, 5.41) is 12.8. The van der Waals surface area contributed by atoms with Gasteiger partial charge in [-0.05, 0) is 36.8 Å². The fourth-order valence-corrected chi connectivity index (χ4v) is 1.82. The molecule has 0 unspecified atom stereocenters. The topological polar surface area (TPSA) is 68.1 Å². The summed E-state index contributed by atoms with van der Waals surface area (Å²) < 4.78 is 5.77. The minimum Gasteiger partial charge on any atom is -0.476 e. The number of benzene rings is 2. The Balaban J connectivity index is 2.47. The summed E-state index contributed by atoms with van der Waals surface area (Å²) in [6.45, 7) is 1.90. The zero-order valence-electron chi connectivity index (χ0n) is 11.7. The van der Waals surface area contributed by atoms with Crippen molar-refractivity contribution in [1.82, 2.24) is 0 Å². The van der Waals surface area contributed by atoms with Crippen LogP contribution in [0, 0.1) is 6.92 Å². The fraction of sp³-hybridized carbons (Fsp3) is 0.125. The van der Waals surface area contributed by atoms with Crippen LogP contribution in [0.25, 0.3) is 0 Å². The molecule has 0 heterocycles. The van der Waals surface area contributed by atoms with Crippen LogP contribution >= 0.6 is 0 Å². The Hall–Kier alpha value is -2.82. The first-order valence-electron chi connectivity index (χ1n) is 6.30. The van der Waals surface area contributed by atoms with E-state index in [1.807, 2.05) is 25.1 Å². The highest BCUT2D eigenvalue weighted by Gasteiger charge is 2.19. The van der Waals surface area contributed by atoms with Gasteiger partial charge < -0.3 is 14.7 Å². The van der Waals surface area contributed by atoms with Crippen molar-refractivity contribution in [2.75, 3.05) is 7.11 Å². The van der Waals surface area contributed by atoms with Crippen LogP contribution in [0.3, 0.4) is 0 Å². The summed E-state index contributed by atoms with van der Waals surface area (Å²) in [4.78, 5) is 15.9. The van der Waals surface area contributed by atoms with Crippen LogP contribution in [0.4, 0.5) is 0 Å². The van der Waals surface area contributed by atoms with Gasteiger partial charge >= 0.3 is 5.97 Å². The van der Waals surface area contributed by atoms with Gasteiger partial charge in [0.25, 0.3) is 0 Å². The number of carboxylic acids is 1. The molecule has 1 N–H and O–H groups in total. The molecule has 0 atom stereocenters. The molecular formula is C16H15NO4. The highest BCUT2D eigenvalue weighted by atomic mass is 16.6. The zero-order valence-corrected chi connectivity index (χ0v) is 11.7. The SMILES string of the molecule is CON=C(C(=O)O)c1ccc(C)cc1Oc1ccccc1. The number of ether oxygens (including phenoxy) is 1. The van der Waals surface area contributed by atoms with E-state index >= 15 is 0 Å². The number of nitrogens with zero attached hydrogens (tertiary/aromatic N) is 1. The average molecular weight is 285 g/mol. The first-order chi connectivity index (χ1) is 10.1. The van der Waals surface area contributed by atoms with E-state index < -0.39 is 5.97 Å². The summed E-state index contributed by atoms with van der Waals surface area (Å²) in [6.07, 6.45) is 0. The smallest absolute Gasteiger partial charge is 0.358 e. The second kappa shape index (κ2) is 6.56. The van der Waals surface area contributed by atoms with Gasteiger partial charge in [-0.25, -0.2) is 4.79 Å². The first-order valence-corrected chi connectivity index (χ1v) is 6.30.